The van der Waals surface area contributed by atoms with E-state index in [1.807, 2.05) is 12.1 Å². The highest BCUT2D eigenvalue weighted by Gasteiger charge is 2.15. The lowest BCUT2D eigenvalue weighted by Gasteiger charge is -2.16. The predicted molar refractivity (Wildman–Crippen MR) is 88.8 cm³/mol. The van der Waals surface area contributed by atoms with E-state index in [1.165, 1.54) is 15.3 Å². The van der Waals surface area contributed by atoms with Crippen molar-refractivity contribution in [3.8, 4) is 0 Å². The predicted octanol–water partition coefficient (Wildman–Crippen LogP) is 5.34. The summed E-state index contributed by atoms with van der Waals surface area (Å²) in [4.78, 5) is 2.70. The summed E-state index contributed by atoms with van der Waals surface area (Å²) < 4.78 is 0. The highest BCUT2D eigenvalue weighted by atomic mass is 35.5. The van der Waals surface area contributed by atoms with Crippen LogP contribution in [0.2, 0.25) is 5.02 Å². The molecule has 0 fully saturated rings. The SMILES string of the molecule is Clc1ccc(CNC(c2cccs2)c2cccs2)cc1. The van der Waals surface area contributed by atoms with Crippen molar-refractivity contribution in [3.63, 3.8) is 0 Å². The molecule has 0 saturated heterocycles. The highest BCUT2D eigenvalue weighted by molar-refractivity contribution is 7.11. The van der Waals surface area contributed by atoms with E-state index < -0.39 is 0 Å². The molecule has 0 atom stereocenters. The lowest BCUT2D eigenvalue weighted by Crippen LogP contribution is -2.20. The molecule has 102 valence electrons. The molecule has 1 N–H and O–H groups in total. The van der Waals surface area contributed by atoms with Gasteiger partial charge < -0.3 is 5.32 Å². The van der Waals surface area contributed by atoms with Crippen molar-refractivity contribution in [3.05, 3.63) is 79.6 Å². The zero-order valence-corrected chi connectivity index (χ0v) is 13.1. The van der Waals surface area contributed by atoms with Gasteiger partial charge in [0.15, 0.2) is 0 Å². The zero-order chi connectivity index (χ0) is 13.8. The summed E-state index contributed by atoms with van der Waals surface area (Å²) in [6, 6.07) is 16.8. The van der Waals surface area contributed by atoms with Gasteiger partial charge in [0.2, 0.25) is 0 Å². The molecule has 3 aromatic rings. The van der Waals surface area contributed by atoms with E-state index in [0.717, 1.165) is 11.6 Å². The maximum absolute atomic E-state index is 5.92. The molecular formula is C16H14ClNS2. The van der Waals surface area contributed by atoms with E-state index in [1.54, 1.807) is 22.7 Å². The van der Waals surface area contributed by atoms with Gasteiger partial charge in [0.1, 0.15) is 0 Å². The Morgan fingerprint density at radius 1 is 0.900 bits per heavy atom. The molecule has 0 spiro atoms. The maximum atomic E-state index is 5.92. The molecule has 0 aliphatic carbocycles. The van der Waals surface area contributed by atoms with Gasteiger partial charge in [-0.05, 0) is 40.6 Å². The van der Waals surface area contributed by atoms with Crippen molar-refractivity contribution in [1.29, 1.82) is 0 Å². The molecule has 20 heavy (non-hydrogen) atoms. The van der Waals surface area contributed by atoms with Crippen molar-refractivity contribution in [1.82, 2.24) is 5.32 Å². The summed E-state index contributed by atoms with van der Waals surface area (Å²) in [6.45, 7) is 0.831. The Morgan fingerprint density at radius 2 is 1.50 bits per heavy atom. The molecule has 0 unspecified atom stereocenters. The third-order valence-corrected chi connectivity index (χ3v) is 5.21. The van der Waals surface area contributed by atoms with E-state index >= 15 is 0 Å². The summed E-state index contributed by atoms with van der Waals surface area (Å²) in [7, 11) is 0. The number of rotatable bonds is 5. The van der Waals surface area contributed by atoms with E-state index in [4.69, 9.17) is 11.6 Å². The quantitative estimate of drug-likeness (QED) is 0.669. The summed E-state index contributed by atoms with van der Waals surface area (Å²) in [5, 5.41) is 8.67. The minimum Gasteiger partial charge on any atom is -0.301 e. The van der Waals surface area contributed by atoms with Crippen LogP contribution in [0.15, 0.2) is 59.3 Å². The van der Waals surface area contributed by atoms with Crippen LogP contribution >= 0.6 is 34.3 Å². The molecule has 2 aromatic heterocycles. The third-order valence-electron chi connectivity index (χ3n) is 3.08. The summed E-state index contributed by atoms with van der Waals surface area (Å²) in [5.41, 5.74) is 1.24. The number of hydrogen-bond acceptors (Lipinski definition) is 3. The van der Waals surface area contributed by atoms with Gasteiger partial charge in [-0.3, -0.25) is 0 Å². The second-order valence-electron chi connectivity index (χ2n) is 4.47. The molecule has 0 radical (unpaired) electrons. The minimum atomic E-state index is 0.269. The summed E-state index contributed by atoms with van der Waals surface area (Å²) >= 11 is 9.50. The van der Waals surface area contributed by atoms with Crippen LogP contribution in [0.4, 0.5) is 0 Å². The zero-order valence-electron chi connectivity index (χ0n) is 10.8. The van der Waals surface area contributed by atoms with E-state index in [9.17, 15) is 0 Å². The first-order valence-corrected chi connectivity index (χ1v) is 8.51. The van der Waals surface area contributed by atoms with Crippen molar-refractivity contribution >= 4 is 34.3 Å². The fourth-order valence-corrected chi connectivity index (χ4v) is 3.91. The molecule has 3 rings (SSSR count). The van der Waals surface area contributed by atoms with Crippen LogP contribution < -0.4 is 5.32 Å². The van der Waals surface area contributed by atoms with Gasteiger partial charge in [0, 0.05) is 21.3 Å². The Bertz CT molecular complexity index is 595. The van der Waals surface area contributed by atoms with Gasteiger partial charge in [0.05, 0.1) is 6.04 Å². The van der Waals surface area contributed by atoms with Gasteiger partial charge in [-0.25, -0.2) is 0 Å². The molecule has 1 aromatic carbocycles. The third kappa shape index (κ3) is 3.30. The van der Waals surface area contributed by atoms with E-state index in [-0.39, 0.29) is 6.04 Å². The molecule has 0 amide bonds. The Kier molecular flexibility index (Phi) is 4.53. The van der Waals surface area contributed by atoms with Crippen molar-refractivity contribution in [2.75, 3.05) is 0 Å². The average molecular weight is 320 g/mol. The molecule has 0 saturated carbocycles. The number of nitrogens with one attached hydrogen (secondary N) is 1. The average Bonchev–Trinajstić information content (AvgIpc) is 3.14. The first-order chi connectivity index (χ1) is 9.83. The van der Waals surface area contributed by atoms with Gasteiger partial charge in [0.25, 0.3) is 0 Å². The molecule has 0 aliphatic rings. The van der Waals surface area contributed by atoms with Crippen LogP contribution in [0.1, 0.15) is 21.4 Å². The smallest absolute Gasteiger partial charge is 0.0767 e. The first kappa shape index (κ1) is 13.8. The Labute approximate surface area is 131 Å². The second kappa shape index (κ2) is 6.55. The molecule has 1 nitrogen and oxygen atoms in total. The molecule has 0 bridgehead atoms. The van der Waals surface area contributed by atoms with Crippen molar-refractivity contribution < 1.29 is 0 Å². The lowest BCUT2D eigenvalue weighted by molar-refractivity contribution is 0.621. The normalized spacial score (nSPS) is 11.1. The monoisotopic (exact) mass is 319 g/mol. The Morgan fingerprint density at radius 3 is 2.00 bits per heavy atom. The van der Waals surface area contributed by atoms with Gasteiger partial charge in [-0.1, -0.05) is 35.9 Å². The number of thiophene rings is 2. The second-order valence-corrected chi connectivity index (χ2v) is 6.87. The first-order valence-electron chi connectivity index (χ1n) is 6.37. The van der Waals surface area contributed by atoms with Crippen LogP contribution in [0.5, 0.6) is 0 Å². The summed E-state index contributed by atoms with van der Waals surface area (Å²) in [5.74, 6) is 0. The number of benzene rings is 1. The highest BCUT2D eigenvalue weighted by Crippen LogP contribution is 2.29. The van der Waals surface area contributed by atoms with Gasteiger partial charge in [-0.2, -0.15) is 0 Å². The van der Waals surface area contributed by atoms with Crippen LogP contribution in [0.3, 0.4) is 0 Å². The lowest BCUT2D eigenvalue weighted by atomic mass is 10.1. The minimum absolute atomic E-state index is 0.269. The van der Waals surface area contributed by atoms with Gasteiger partial charge in [-0.15, -0.1) is 22.7 Å². The summed E-state index contributed by atoms with van der Waals surface area (Å²) in [6.07, 6.45) is 0. The van der Waals surface area contributed by atoms with Crippen LogP contribution in [0, 0.1) is 0 Å². The fraction of sp³-hybridized carbons (Fsp3) is 0.125. The van der Waals surface area contributed by atoms with E-state index in [2.05, 4.69) is 52.5 Å². The van der Waals surface area contributed by atoms with Crippen LogP contribution in [-0.4, -0.2) is 0 Å². The largest absolute Gasteiger partial charge is 0.301 e. The molecule has 2 heterocycles. The number of halogens is 1. The fourth-order valence-electron chi connectivity index (χ4n) is 2.07. The van der Waals surface area contributed by atoms with E-state index in [0.29, 0.717) is 0 Å². The van der Waals surface area contributed by atoms with Crippen molar-refractivity contribution in [2.24, 2.45) is 0 Å². The van der Waals surface area contributed by atoms with Crippen LogP contribution in [0.25, 0.3) is 0 Å². The standard InChI is InChI=1S/C16H14ClNS2/c17-13-7-5-12(6-8-13)11-18-16(14-3-1-9-19-14)15-4-2-10-20-15/h1-10,16,18H,11H2. The van der Waals surface area contributed by atoms with Gasteiger partial charge >= 0.3 is 0 Å². The van der Waals surface area contributed by atoms with Crippen molar-refractivity contribution in [2.45, 2.75) is 12.6 Å². The Hall–Kier alpha value is -1.13. The number of hydrogen-bond donors (Lipinski definition) is 1. The maximum Gasteiger partial charge on any atom is 0.0767 e. The van der Waals surface area contributed by atoms with Crippen LogP contribution in [-0.2, 0) is 6.54 Å². The Balaban J connectivity index is 1.76. The topological polar surface area (TPSA) is 12.0 Å². The molecule has 0 aliphatic heterocycles. The molecular weight excluding hydrogens is 306 g/mol. The molecule has 4 heteroatoms.